The Balaban J connectivity index is 1.39. The van der Waals surface area contributed by atoms with Gasteiger partial charge in [0.1, 0.15) is 0 Å². The van der Waals surface area contributed by atoms with E-state index in [1.165, 1.54) is 50.5 Å². The largest absolute Gasteiger partial charge is 0.514 e. The van der Waals surface area contributed by atoms with Gasteiger partial charge < -0.3 is 14.6 Å². The fourth-order valence-corrected chi connectivity index (χ4v) is 9.33. The molecule has 0 aromatic heterocycles. The average molecular weight is 445 g/mol. The highest BCUT2D eigenvalue weighted by Gasteiger charge is 2.71. The van der Waals surface area contributed by atoms with Gasteiger partial charge in [0.15, 0.2) is 0 Å². The van der Waals surface area contributed by atoms with Crippen LogP contribution in [0.5, 0.6) is 0 Å². The van der Waals surface area contributed by atoms with Gasteiger partial charge in [-0.1, -0.05) is 58.6 Å². The van der Waals surface area contributed by atoms with E-state index < -0.39 is 18.0 Å². The number of ether oxygens (including phenoxy) is 2. The molecule has 1 saturated heterocycles. The molecule has 1 aliphatic heterocycles. The lowest BCUT2D eigenvalue weighted by Crippen LogP contribution is -2.69. The minimum atomic E-state index is -0.952. The lowest BCUT2D eigenvalue weighted by Gasteiger charge is -2.64. The van der Waals surface area contributed by atoms with Crippen LogP contribution in [0.1, 0.15) is 98.8 Å². The second kappa shape index (κ2) is 7.75. The van der Waals surface area contributed by atoms with E-state index in [1.807, 2.05) is 0 Å². The van der Waals surface area contributed by atoms with Crippen LogP contribution in [0.25, 0.3) is 0 Å². The van der Waals surface area contributed by atoms with Gasteiger partial charge in [-0.3, -0.25) is 0 Å². The van der Waals surface area contributed by atoms with Gasteiger partial charge in [-0.25, -0.2) is 4.79 Å². The van der Waals surface area contributed by atoms with Crippen LogP contribution in [0.4, 0.5) is 4.79 Å². The number of carbonyl (C=O) groups is 1. The Hall–Kier alpha value is -1.03. The van der Waals surface area contributed by atoms with Crippen LogP contribution in [0.15, 0.2) is 11.6 Å². The monoisotopic (exact) mass is 444 g/mol. The van der Waals surface area contributed by atoms with Crippen molar-refractivity contribution in [2.24, 2.45) is 46.3 Å². The van der Waals surface area contributed by atoms with Crippen LogP contribution in [0, 0.1) is 46.3 Å². The molecule has 1 spiro atoms. The molecule has 1 heterocycles. The Morgan fingerprint density at radius 2 is 1.84 bits per heavy atom. The van der Waals surface area contributed by atoms with Crippen molar-refractivity contribution in [2.45, 2.75) is 111 Å². The summed E-state index contributed by atoms with van der Waals surface area (Å²) in [5.41, 5.74) is 1.40. The maximum atomic E-state index is 11.8. The highest BCUT2D eigenvalue weighted by molar-refractivity contribution is 5.67. The van der Waals surface area contributed by atoms with Crippen molar-refractivity contribution >= 4 is 6.16 Å². The maximum Gasteiger partial charge on any atom is 0.514 e. The first kappa shape index (κ1) is 22.7. The Morgan fingerprint density at radius 1 is 1.09 bits per heavy atom. The lowest BCUT2D eigenvalue weighted by molar-refractivity contribution is -0.351. The fraction of sp³-hybridized carbons (Fsp3) is 0.893. The summed E-state index contributed by atoms with van der Waals surface area (Å²) in [6, 6.07) is 0. The van der Waals surface area contributed by atoms with Crippen molar-refractivity contribution < 1.29 is 19.4 Å². The minimum absolute atomic E-state index is 0.300. The van der Waals surface area contributed by atoms with Crippen molar-refractivity contribution in [3.05, 3.63) is 11.6 Å². The number of hydrogen-bond donors (Lipinski definition) is 1. The van der Waals surface area contributed by atoms with E-state index in [0.717, 1.165) is 30.1 Å². The first-order valence-electron chi connectivity index (χ1n) is 13.4. The van der Waals surface area contributed by atoms with E-state index in [1.54, 1.807) is 0 Å². The predicted molar refractivity (Wildman–Crippen MR) is 125 cm³/mol. The third-order valence-electron chi connectivity index (χ3n) is 10.9. The summed E-state index contributed by atoms with van der Waals surface area (Å²) in [4.78, 5) is 11.8. The molecule has 5 rings (SSSR count). The van der Waals surface area contributed by atoms with Gasteiger partial charge in [0, 0.05) is 0 Å². The molecule has 0 bridgehead atoms. The molecular weight excluding hydrogens is 400 g/mol. The van der Waals surface area contributed by atoms with E-state index in [-0.39, 0.29) is 5.41 Å². The van der Waals surface area contributed by atoms with E-state index in [0.29, 0.717) is 30.1 Å². The van der Waals surface area contributed by atoms with Crippen molar-refractivity contribution in [2.75, 3.05) is 0 Å². The summed E-state index contributed by atoms with van der Waals surface area (Å²) in [6.45, 7) is 12.1. The molecule has 8 atom stereocenters. The standard InChI is InChI=1S/C28H44O4/c1-17(2)7-6-8-18(3)22-11-12-23-21-10-9-19-15-20(29)16-28(31-25(30)32-28)27(19,5)24(21)13-14-26(22,23)4/h9,17-18,20-24,29H,6-8,10-16H2,1-5H3/t18-,20+,21+,22-,23+,24+,26-,27+/m1/s1. The molecule has 4 heteroatoms. The molecule has 4 fully saturated rings. The molecule has 0 amide bonds. The second-order valence-corrected chi connectivity index (χ2v) is 12.8. The highest BCUT2D eigenvalue weighted by Crippen LogP contribution is 2.70. The molecule has 4 nitrogen and oxygen atoms in total. The Labute approximate surface area is 194 Å². The molecule has 0 aromatic carbocycles. The summed E-state index contributed by atoms with van der Waals surface area (Å²) >= 11 is 0. The van der Waals surface area contributed by atoms with Crippen LogP contribution in [0.2, 0.25) is 0 Å². The zero-order valence-electron chi connectivity index (χ0n) is 20.9. The summed E-state index contributed by atoms with van der Waals surface area (Å²) in [6.07, 6.45) is 12.8. The number of aliphatic hydroxyl groups excluding tert-OH is 1. The number of aliphatic hydroxyl groups is 1. The van der Waals surface area contributed by atoms with Gasteiger partial charge in [-0.15, -0.1) is 0 Å². The molecule has 0 unspecified atom stereocenters. The zero-order valence-corrected chi connectivity index (χ0v) is 20.9. The summed E-state index contributed by atoms with van der Waals surface area (Å²) in [7, 11) is 0. The summed E-state index contributed by atoms with van der Waals surface area (Å²) in [5.74, 6) is 3.33. The van der Waals surface area contributed by atoms with Crippen molar-refractivity contribution in [1.29, 1.82) is 0 Å². The van der Waals surface area contributed by atoms with Gasteiger partial charge >= 0.3 is 6.16 Å². The lowest BCUT2D eigenvalue weighted by atomic mass is 9.45. The second-order valence-electron chi connectivity index (χ2n) is 12.8. The molecular formula is C28H44O4. The van der Waals surface area contributed by atoms with Crippen LogP contribution in [-0.4, -0.2) is 23.2 Å². The molecule has 3 saturated carbocycles. The van der Waals surface area contributed by atoms with Crippen LogP contribution in [-0.2, 0) is 9.47 Å². The molecule has 5 aliphatic rings. The zero-order chi connectivity index (χ0) is 22.9. The Kier molecular flexibility index (Phi) is 5.51. The highest BCUT2D eigenvalue weighted by atomic mass is 16.9. The van der Waals surface area contributed by atoms with Crippen molar-refractivity contribution in [3.8, 4) is 0 Å². The third kappa shape index (κ3) is 3.14. The molecule has 0 aromatic rings. The smallest absolute Gasteiger partial charge is 0.392 e. The minimum Gasteiger partial charge on any atom is -0.392 e. The average Bonchev–Trinajstić information content (AvgIpc) is 3.05. The number of fused-ring (bicyclic) bond motifs is 6. The first-order chi connectivity index (χ1) is 15.1. The Bertz CT molecular complexity index is 778. The quantitative estimate of drug-likeness (QED) is 0.372. The molecule has 1 N–H and O–H groups in total. The number of hydrogen-bond acceptors (Lipinski definition) is 4. The Morgan fingerprint density at radius 3 is 2.53 bits per heavy atom. The summed E-state index contributed by atoms with van der Waals surface area (Å²) in [5, 5.41) is 10.5. The SMILES string of the molecule is CC(C)CCC[C@@H](C)[C@H]1CC[C@H]2[C@@H]3CC=C4C[C@H](O)CC5(OC(=O)O5)[C@]4(C)[C@H]3CC[C@]12C. The number of rotatable bonds is 5. The van der Waals surface area contributed by atoms with E-state index in [9.17, 15) is 9.90 Å². The molecule has 0 radical (unpaired) electrons. The summed E-state index contributed by atoms with van der Waals surface area (Å²) < 4.78 is 11.5. The van der Waals surface area contributed by atoms with Gasteiger partial charge in [-0.05, 0) is 86.4 Å². The first-order valence-corrected chi connectivity index (χ1v) is 13.4. The van der Waals surface area contributed by atoms with Gasteiger partial charge in [0.2, 0.25) is 0 Å². The van der Waals surface area contributed by atoms with Crippen molar-refractivity contribution in [3.63, 3.8) is 0 Å². The van der Waals surface area contributed by atoms with Gasteiger partial charge in [0.25, 0.3) is 5.79 Å². The topological polar surface area (TPSA) is 55.8 Å². The van der Waals surface area contributed by atoms with E-state index in [4.69, 9.17) is 9.47 Å². The van der Waals surface area contributed by atoms with E-state index >= 15 is 0 Å². The normalized spacial score (nSPS) is 45.2. The fourth-order valence-electron chi connectivity index (χ4n) is 9.33. The van der Waals surface area contributed by atoms with Gasteiger partial charge in [-0.2, -0.15) is 0 Å². The van der Waals surface area contributed by atoms with Crippen LogP contribution in [0.3, 0.4) is 0 Å². The van der Waals surface area contributed by atoms with Crippen LogP contribution >= 0.6 is 0 Å². The third-order valence-corrected chi connectivity index (χ3v) is 10.9. The molecule has 32 heavy (non-hydrogen) atoms. The predicted octanol–water partition coefficient (Wildman–Crippen LogP) is 6.86. The molecule has 180 valence electrons. The van der Waals surface area contributed by atoms with E-state index in [2.05, 4.69) is 40.7 Å². The number of allylic oxidation sites excluding steroid dienone is 1. The molecule has 4 aliphatic carbocycles. The maximum absolute atomic E-state index is 11.8. The van der Waals surface area contributed by atoms with Crippen molar-refractivity contribution in [1.82, 2.24) is 0 Å². The van der Waals surface area contributed by atoms with Gasteiger partial charge in [0.05, 0.1) is 17.9 Å². The number of carbonyl (C=O) groups excluding carboxylic acids is 1. The van der Waals surface area contributed by atoms with Crippen LogP contribution < -0.4 is 0 Å².